The van der Waals surface area contributed by atoms with Crippen molar-refractivity contribution in [2.45, 2.75) is 29.5 Å². The van der Waals surface area contributed by atoms with Gasteiger partial charge < -0.3 is 22.1 Å². The standard InChI is InChI=1S/C26H29N5O2S/c27-26(28)29-17-7-12-23(31-24(32)20-8-3-1-4-9-20)25(33)30-21-15-13-19(14-16-21)18-34-22-10-5-2-6-11-22/h1-6,8-11,13-16,23H,7,12,17-18H2,(H,30,33)(H,31,32)(H4,27,28,29)/t23-/m0/s1. The van der Waals surface area contributed by atoms with Crippen molar-refractivity contribution in [2.24, 2.45) is 16.5 Å². The van der Waals surface area contributed by atoms with Crippen molar-refractivity contribution in [1.82, 2.24) is 5.32 Å². The van der Waals surface area contributed by atoms with Crippen molar-refractivity contribution in [2.75, 3.05) is 11.9 Å². The number of rotatable bonds is 11. The van der Waals surface area contributed by atoms with Gasteiger partial charge in [-0.25, -0.2) is 0 Å². The first-order chi connectivity index (χ1) is 16.5. The molecule has 8 heteroatoms. The van der Waals surface area contributed by atoms with Crippen LogP contribution in [-0.4, -0.2) is 30.4 Å². The number of nitrogens with two attached hydrogens (primary N) is 2. The summed E-state index contributed by atoms with van der Waals surface area (Å²) in [5, 5.41) is 5.73. The Bertz CT molecular complexity index is 1090. The van der Waals surface area contributed by atoms with Gasteiger partial charge in [0.15, 0.2) is 5.96 Å². The van der Waals surface area contributed by atoms with Crippen LogP contribution in [0, 0.1) is 0 Å². The highest BCUT2D eigenvalue weighted by Gasteiger charge is 2.21. The molecule has 0 saturated heterocycles. The number of benzene rings is 3. The topological polar surface area (TPSA) is 123 Å². The smallest absolute Gasteiger partial charge is 0.251 e. The van der Waals surface area contributed by atoms with E-state index in [-0.39, 0.29) is 17.8 Å². The van der Waals surface area contributed by atoms with Gasteiger partial charge in [0, 0.05) is 28.4 Å². The minimum atomic E-state index is -0.727. The Labute approximate surface area is 204 Å². The van der Waals surface area contributed by atoms with Gasteiger partial charge in [0.25, 0.3) is 5.91 Å². The molecule has 2 amide bonds. The summed E-state index contributed by atoms with van der Waals surface area (Å²) >= 11 is 1.75. The third kappa shape index (κ3) is 8.29. The summed E-state index contributed by atoms with van der Waals surface area (Å²) < 4.78 is 0. The number of nitrogens with one attached hydrogen (secondary N) is 2. The van der Waals surface area contributed by atoms with Gasteiger partial charge in [-0.1, -0.05) is 48.5 Å². The summed E-state index contributed by atoms with van der Waals surface area (Å²) in [4.78, 5) is 30.8. The quantitative estimate of drug-likeness (QED) is 0.146. The molecule has 176 valence electrons. The molecule has 0 spiro atoms. The van der Waals surface area contributed by atoms with E-state index in [1.807, 2.05) is 48.5 Å². The van der Waals surface area contributed by atoms with Gasteiger partial charge in [-0.15, -0.1) is 11.8 Å². The molecule has 0 aliphatic carbocycles. The first-order valence-corrected chi connectivity index (χ1v) is 12.0. The third-order valence-corrected chi connectivity index (χ3v) is 6.06. The lowest BCUT2D eigenvalue weighted by molar-refractivity contribution is -0.118. The van der Waals surface area contributed by atoms with Crippen LogP contribution >= 0.6 is 11.8 Å². The number of aliphatic imine (C=N–C) groups is 1. The molecule has 7 nitrogen and oxygen atoms in total. The molecule has 0 unspecified atom stereocenters. The molecular weight excluding hydrogens is 446 g/mol. The lowest BCUT2D eigenvalue weighted by atomic mass is 10.1. The highest BCUT2D eigenvalue weighted by atomic mass is 32.2. The van der Waals surface area contributed by atoms with E-state index in [0.29, 0.717) is 30.6 Å². The van der Waals surface area contributed by atoms with Gasteiger partial charge in [0.2, 0.25) is 5.91 Å². The summed E-state index contributed by atoms with van der Waals surface area (Å²) in [5.74, 6) is 0.231. The molecule has 0 aromatic heterocycles. The molecule has 0 fully saturated rings. The van der Waals surface area contributed by atoms with Gasteiger partial charge in [-0.05, 0) is 54.8 Å². The third-order valence-electron chi connectivity index (χ3n) is 4.97. The van der Waals surface area contributed by atoms with E-state index in [1.165, 1.54) is 4.90 Å². The lowest BCUT2D eigenvalue weighted by Gasteiger charge is -2.18. The Morgan fingerprint density at radius 1 is 0.882 bits per heavy atom. The van der Waals surface area contributed by atoms with Gasteiger partial charge in [0.1, 0.15) is 6.04 Å². The van der Waals surface area contributed by atoms with E-state index in [9.17, 15) is 9.59 Å². The largest absolute Gasteiger partial charge is 0.370 e. The number of nitrogens with zero attached hydrogens (tertiary/aromatic N) is 1. The number of carbonyl (C=O) groups is 2. The minimum Gasteiger partial charge on any atom is -0.370 e. The van der Waals surface area contributed by atoms with Crippen molar-refractivity contribution in [3.05, 3.63) is 96.1 Å². The molecule has 0 bridgehead atoms. The molecule has 0 radical (unpaired) electrons. The number of hydrogen-bond acceptors (Lipinski definition) is 4. The van der Waals surface area contributed by atoms with E-state index < -0.39 is 6.04 Å². The minimum absolute atomic E-state index is 0.000148. The van der Waals surface area contributed by atoms with Gasteiger partial charge in [-0.2, -0.15) is 0 Å². The Balaban J connectivity index is 1.60. The number of hydrogen-bond donors (Lipinski definition) is 4. The molecule has 0 heterocycles. The fourth-order valence-electron chi connectivity index (χ4n) is 3.20. The predicted octanol–water partition coefficient (Wildman–Crippen LogP) is 3.77. The van der Waals surface area contributed by atoms with E-state index in [1.54, 1.807) is 36.0 Å². The van der Waals surface area contributed by atoms with Crippen LogP contribution in [0.4, 0.5) is 5.69 Å². The SMILES string of the molecule is NC(N)=NCCC[C@H](NC(=O)c1ccccc1)C(=O)Nc1ccc(CSc2ccccc2)cc1. The first kappa shape index (κ1) is 24.9. The average Bonchev–Trinajstić information content (AvgIpc) is 2.86. The Morgan fingerprint density at radius 2 is 1.53 bits per heavy atom. The van der Waals surface area contributed by atoms with Crippen molar-refractivity contribution >= 4 is 35.2 Å². The molecule has 3 aromatic rings. The summed E-state index contributed by atoms with van der Waals surface area (Å²) in [5.41, 5.74) is 13.1. The zero-order valence-electron chi connectivity index (χ0n) is 18.8. The maximum absolute atomic E-state index is 13.0. The van der Waals surface area contributed by atoms with E-state index in [2.05, 4.69) is 27.8 Å². The summed E-state index contributed by atoms with van der Waals surface area (Å²) in [7, 11) is 0. The van der Waals surface area contributed by atoms with Crippen LogP contribution < -0.4 is 22.1 Å². The maximum Gasteiger partial charge on any atom is 0.251 e. The van der Waals surface area contributed by atoms with E-state index in [4.69, 9.17) is 11.5 Å². The summed E-state index contributed by atoms with van der Waals surface area (Å²) in [6.07, 6.45) is 0.938. The van der Waals surface area contributed by atoms with Crippen LogP contribution in [0.3, 0.4) is 0 Å². The highest BCUT2D eigenvalue weighted by Crippen LogP contribution is 2.23. The Hall–Kier alpha value is -3.78. The number of amides is 2. The lowest BCUT2D eigenvalue weighted by Crippen LogP contribution is -2.44. The van der Waals surface area contributed by atoms with Crippen molar-refractivity contribution in [3.63, 3.8) is 0 Å². The molecule has 3 aromatic carbocycles. The zero-order valence-corrected chi connectivity index (χ0v) is 19.6. The predicted molar refractivity (Wildman–Crippen MR) is 139 cm³/mol. The van der Waals surface area contributed by atoms with Crippen LogP contribution in [0.15, 0.2) is 94.8 Å². The number of guanidine groups is 1. The normalized spacial score (nSPS) is 11.3. The van der Waals surface area contributed by atoms with Crippen molar-refractivity contribution in [1.29, 1.82) is 0 Å². The van der Waals surface area contributed by atoms with E-state index >= 15 is 0 Å². The summed E-state index contributed by atoms with van der Waals surface area (Å²) in [6.45, 7) is 0.376. The number of anilines is 1. The van der Waals surface area contributed by atoms with Gasteiger partial charge in [-0.3, -0.25) is 14.6 Å². The van der Waals surface area contributed by atoms with Gasteiger partial charge >= 0.3 is 0 Å². The molecule has 3 rings (SSSR count). The fraction of sp³-hybridized carbons (Fsp3) is 0.192. The second-order valence-corrected chi connectivity index (χ2v) is 8.68. The van der Waals surface area contributed by atoms with Crippen LogP contribution in [0.1, 0.15) is 28.8 Å². The molecule has 1 atom stereocenters. The Morgan fingerprint density at radius 3 is 2.18 bits per heavy atom. The monoisotopic (exact) mass is 475 g/mol. The molecule has 34 heavy (non-hydrogen) atoms. The van der Waals surface area contributed by atoms with Crippen LogP contribution in [-0.2, 0) is 10.5 Å². The van der Waals surface area contributed by atoms with Gasteiger partial charge in [0.05, 0.1) is 0 Å². The van der Waals surface area contributed by atoms with E-state index in [0.717, 1.165) is 11.3 Å². The van der Waals surface area contributed by atoms with Crippen LogP contribution in [0.2, 0.25) is 0 Å². The highest BCUT2D eigenvalue weighted by molar-refractivity contribution is 7.98. The first-order valence-electron chi connectivity index (χ1n) is 11.0. The summed E-state index contributed by atoms with van der Waals surface area (Å²) in [6, 6.07) is 26.0. The molecule has 6 N–H and O–H groups in total. The number of carbonyl (C=O) groups excluding carboxylic acids is 2. The second kappa shape index (κ2) is 13.1. The molecular formula is C26H29N5O2S. The number of thioether (sulfide) groups is 1. The molecule has 0 aliphatic rings. The average molecular weight is 476 g/mol. The fourth-order valence-corrected chi connectivity index (χ4v) is 4.08. The van der Waals surface area contributed by atoms with Crippen LogP contribution in [0.5, 0.6) is 0 Å². The second-order valence-electron chi connectivity index (χ2n) is 7.63. The maximum atomic E-state index is 13.0. The van der Waals surface area contributed by atoms with Crippen LogP contribution in [0.25, 0.3) is 0 Å². The molecule has 0 aliphatic heterocycles. The zero-order chi connectivity index (χ0) is 24.2. The van der Waals surface area contributed by atoms with Crippen molar-refractivity contribution < 1.29 is 9.59 Å². The van der Waals surface area contributed by atoms with Crippen molar-refractivity contribution in [3.8, 4) is 0 Å². The molecule has 0 saturated carbocycles. The Kier molecular flexibility index (Phi) is 9.54.